The van der Waals surface area contributed by atoms with Crippen LogP contribution >= 0.6 is 31.9 Å². The predicted octanol–water partition coefficient (Wildman–Crippen LogP) is 9.25. The van der Waals surface area contributed by atoms with E-state index in [0.717, 1.165) is 6.42 Å². The largest absolute Gasteiger partial charge is 0.0654 e. The first kappa shape index (κ1) is 21.1. The predicted molar refractivity (Wildman–Crippen MR) is 126 cm³/mol. The number of aryl methyl sites for hydroxylation is 1. The fraction of sp³-hybridized carbons (Fsp3) is 0.520. The second-order valence-electron chi connectivity index (χ2n) is 8.00. The molecule has 2 aromatic rings. The fourth-order valence-electron chi connectivity index (χ4n) is 4.31. The standard InChI is InChI=1S/C25H32Br2/c1-2-3-4-5-6-7-8-9-10-11-12-19-15-22(27)18-25-23(19)16-20-13-14-21(26)17-24(20)25/h13-15,17-18H,2-12,16H2,1H3. The molecule has 146 valence electrons. The van der Waals surface area contributed by atoms with Crippen LogP contribution in [-0.4, -0.2) is 0 Å². The molecule has 0 bridgehead atoms. The quantitative estimate of drug-likeness (QED) is 0.234. The van der Waals surface area contributed by atoms with E-state index in [9.17, 15) is 0 Å². The van der Waals surface area contributed by atoms with Gasteiger partial charge in [0.25, 0.3) is 0 Å². The van der Waals surface area contributed by atoms with E-state index >= 15 is 0 Å². The molecule has 0 fully saturated rings. The van der Waals surface area contributed by atoms with Gasteiger partial charge in [0.1, 0.15) is 0 Å². The summed E-state index contributed by atoms with van der Waals surface area (Å²) in [5.74, 6) is 0. The number of halogens is 2. The highest BCUT2D eigenvalue weighted by atomic mass is 79.9. The van der Waals surface area contributed by atoms with Crippen LogP contribution < -0.4 is 0 Å². The molecule has 0 amide bonds. The highest BCUT2D eigenvalue weighted by molar-refractivity contribution is 9.10. The van der Waals surface area contributed by atoms with E-state index in [0.29, 0.717) is 0 Å². The number of rotatable bonds is 11. The van der Waals surface area contributed by atoms with Crippen molar-refractivity contribution in [1.82, 2.24) is 0 Å². The van der Waals surface area contributed by atoms with Crippen molar-refractivity contribution in [2.24, 2.45) is 0 Å². The minimum Gasteiger partial charge on any atom is -0.0654 e. The van der Waals surface area contributed by atoms with Crippen LogP contribution in [0.3, 0.4) is 0 Å². The Morgan fingerprint density at radius 2 is 1.33 bits per heavy atom. The Hall–Kier alpha value is -0.600. The summed E-state index contributed by atoms with van der Waals surface area (Å²) in [6.07, 6.45) is 16.3. The first-order valence-corrected chi connectivity index (χ1v) is 12.4. The third kappa shape index (κ3) is 5.94. The van der Waals surface area contributed by atoms with Crippen molar-refractivity contribution in [3.05, 3.63) is 56.0 Å². The fourth-order valence-corrected chi connectivity index (χ4v) is 5.18. The van der Waals surface area contributed by atoms with Gasteiger partial charge in [-0.05, 0) is 71.3 Å². The van der Waals surface area contributed by atoms with Crippen molar-refractivity contribution in [3.8, 4) is 11.1 Å². The Kier molecular flexibility index (Phi) is 8.46. The Balaban J connectivity index is 1.47. The topological polar surface area (TPSA) is 0 Å². The molecule has 0 N–H and O–H groups in total. The maximum atomic E-state index is 3.74. The molecule has 0 saturated carbocycles. The molecule has 0 spiro atoms. The molecule has 0 heterocycles. The lowest BCUT2D eigenvalue weighted by molar-refractivity contribution is 0.556. The number of unbranched alkanes of at least 4 members (excludes halogenated alkanes) is 9. The lowest BCUT2D eigenvalue weighted by Crippen LogP contribution is -1.94. The maximum Gasteiger partial charge on any atom is 0.0184 e. The van der Waals surface area contributed by atoms with E-state index in [4.69, 9.17) is 0 Å². The van der Waals surface area contributed by atoms with Gasteiger partial charge in [-0.3, -0.25) is 0 Å². The van der Waals surface area contributed by atoms with Crippen LogP contribution in [0.4, 0.5) is 0 Å². The Morgan fingerprint density at radius 1 is 0.704 bits per heavy atom. The minimum atomic E-state index is 1.10. The van der Waals surface area contributed by atoms with Crippen LogP contribution in [0.5, 0.6) is 0 Å². The average molecular weight is 492 g/mol. The van der Waals surface area contributed by atoms with Gasteiger partial charge in [0, 0.05) is 8.95 Å². The summed E-state index contributed by atoms with van der Waals surface area (Å²) in [4.78, 5) is 0. The first-order valence-electron chi connectivity index (χ1n) is 10.8. The van der Waals surface area contributed by atoms with Crippen molar-refractivity contribution >= 4 is 31.9 Å². The van der Waals surface area contributed by atoms with E-state index < -0.39 is 0 Å². The molecule has 0 radical (unpaired) electrons. The second-order valence-corrected chi connectivity index (χ2v) is 9.83. The summed E-state index contributed by atoms with van der Waals surface area (Å²) in [6.45, 7) is 2.29. The van der Waals surface area contributed by atoms with Gasteiger partial charge in [-0.15, -0.1) is 0 Å². The van der Waals surface area contributed by atoms with Gasteiger partial charge in [-0.1, -0.05) is 103 Å². The number of hydrogen-bond donors (Lipinski definition) is 0. The molecule has 0 unspecified atom stereocenters. The zero-order chi connectivity index (χ0) is 19.1. The number of benzene rings is 2. The molecule has 1 aliphatic rings. The van der Waals surface area contributed by atoms with Gasteiger partial charge in [0.15, 0.2) is 0 Å². The molecule has 0 atom stereocenters. The molecular formula is C25H32Br2. The van der Waals surface area contributed by atoms with Crippen LogP contribution in [0.25, 0.3) is 11.1 Å². The number of fused-ring (bicyclic) bond motifs is 3. The van der Waals surface area contributed by atoms with Gasteiger partial charge in [0.2, 0.25) is 0 Å². The van der Waals surface area contributed by atoms with Crippen molar-refractivity contribution in [2.75, 3.05) is 0 Å². The summed E-state index contributed by atoms with van der Waals surface area (Å²) >= 11 is 7.37. The van der Waals surface area contributed by atoms with Crippen LogP contribution in [0.15, 0.2) is 39.3 Å². The van der Waals surface area contributed by atoms with Gasteiger partial charge < -0.3 is 0 Å². The molecule has 0 aromatic heterocycles. The van der Waals surface area contributed by atoms with Gasteiger partial charge >= 0.3 is 0 Å². The van der Waals surface area contributed by atoms with Crippen molar-refractivity contribution in [1.29, 1.82) is 0 Å². The number of hydrogen-bond acceptors (Lipinski definition) is 0. The zero-order valence-corrected chi connectivity index (χ0v) is 19.8. The van der Waals surface area contributed by atoms with Crippen LogP contribution in [-0.2, 0) is 12.8 Å². The van der Waals surface area contributed by atoms with Crippen molar-refractivity contribution in [2.45, 2.75) is 84.0 Å². The van der Waals surface area contributed by atoms with Gasteiger partial charge in [-0.2, -0.15) is 0 Å². The minimum absolute atomic E-state index is 1.10. The molecule has 0 nitrogen and oxygen atoms in total. The van der Waals surface area contributed by atoms with Crippen LogP contribution in [0.1, 0.15) is 87.8 Å². The Labute approximate surface area is 182 Å². The summed E-state index contributed by atoms with van der Waals surface area (Å²) in [5, 5.41) is 0. The smallest absolute Gasteiger partial charge is 0.0184 e. The lowest BCUT2D eigenvalue weighted by atomic mass is 9.96. The van der Waals surface area contributed by atoms with Crippen LogP contribution in [0.2, 0.25) is 0 Å². The summed E-state index contributed by atoms with van der Waals surface area (Å²) in [5.41, 5.74) is 7.41. The molecule has 0 saturated heterocycles. The average Bonchev–Trinajstić information content (AvgIpc) is 3.01. The molecule has 1 aliphatic carbocycles. The molecule has 0 aliphatic heterocycles. The molecule has 27 heavy (non-hydrogen) atoms. The monoisotopic (exact) mass is 490 g/mol. The summed E-state index contributed by atoms with van der Waals surface area (Å²) < 4.78 is 2.39. The van der Waals surface area contributed by atoms with E-state index in [1.165, 1.54) is 96.3 Å². The molecule has 2 aromatic carbocycles. The molecule has 3 rings (SSSR count). The zero-order valence-electron chi connectivity index (χ0n) is 16.6. The van der Waals surface area contributed by atoms with E-state index in [1.807, 2.05) is 0 Å². The van der Waals surface area contributed by atoms with E-state index in [-0.39, 0.29) is 0 Å². The summed E-state index contributed by atoms with van der Waals surface area (Å²) in [7, 11) is 0. The Morgan fingerprint density at radius 3 is 2.04 bits per heavy atom. The van der Waals surface area contributed by atoms with Gasteiger partial charge in [-0.25, -0.2) is 0 Å². The molecule has 2 heteroatoms. The lowest BCUT2D eigenvalue weighted by Gasteiger charge is -2.10. The normalized spacial score (nSPS) is 12.3. The van der Waals surface area contributed by atoms with Crippen molar-refractivity contribution in [3.63, 3.8) is 0 Å². The SMILES string of the molecule is CCCCCCCCCCCCc1cc(Br)cc2c1Cc1ccc(Br)cc1-2. The maximum absolute atomic E-state index is 3.74. The summed E-state index contributed by atoms with van der Waals surface area (Å²) in [6, 6.07) is 11.4. The van der Waals surface area contributed by atoms with Gasteiger partial charge in [0.05, 0.1) is 0 Å². The second kappa shape index (κ2) is 10.8. The Bertz CT molecular complexity index is 748. The van der Waals surface area contributed by atoms with Crippen LogP contribution in [0, 0.1) is 0 Å². The van der Waals surface area contributed by atoms with E-state index in [1.54, 1.807) is 11.1 Å². The third-order valence-corrected chi connectivity index (χ3v) is 6.79. The first-order chi connectivity index (χ1) is 13.2. The highest BCUT2D eigenvalue weighted by Gasteiger charge is 2.21. The highest BCUT2D eigenvalue weighted by Crippen LogP contribution is 2.41. The third-order valence-electron chi connectivity index (χ3n) is 5.84. The van der Waals surface area contributed by atoms with E-state index in [2.05, 4.69) is 69.1 Å². The molecular weight excluding hydrogens is 460 g/mol. The van der Waals surface area contributed by atoms with Crippen molar-refractivity contribution < 1.29 is 0 Å².